The van der Waals surface area contributed by atoms with Crippen molar-refractivity contribution in [2.75, 3.05) is 7.11 Å². The number of benzene rings is 1. The van der Waals surface area contributed by atoms with Crippen LogP contribution in [0.2, 0.25) is 0 Å². The van der Waals surface area contributed by atoms with E-state index in [-0.39, 0.29) is 5.92 Å². The van der Waals surface area contributed by atoms with Crippen molar-refractivity contribution < 1.29 is 24.1 Å². The molecule has 25 heavy (non-hydrogen) atoms. The normalized spacial score (nSPS) is 19.9. The van der Waals surface area contributed by atoms with Crippen LogP contribution in [-0.4, -0.2) is 28.9 Å². The number of halogens is 1. The summed E-state index contributed by atoms with van der Waals surface area (Å²) in [5, 5.41) is 21.2. The van der Waals surface area contributed by atoms with Crippen molar-refractivity contribution in [1.29, 1.82) is 0 Å². The monoisotopic (exact) mass is 352 g/mol. The molecule has 1 fully saturated rings. The van der Waals surface area contributed by atoms with Crippen LogP contribution in [0.4, 0.5) is 4.39 Å². The van der Waals surface area contributed by atoms with Gasteiger partial charge in [0.15, 0.2) is 5.60 Å². The van der Waals surface area contributed by atoms with E-state index in [1.165, 1.54) is 19.2 Å². The Balaban J connectivity index is 2.48. The van der Waals surface area contributed by atoms with Gasteiger partial charge in [-0.25, -0.2) is 9.18 Å². The van der Waals surface area contributed by atoms with Crippen LogP contribution < -0.4 is 4.74 Å². The summed E-state index contributed by atoms with van der Waals surface area (Å²) >= 11 is 0. The quantitative estimate of drug-likeness (QED) is 0.807. The number of hydrogen-bond acceptors (Lipinski definition) is 3. The van der Waals surface area contributed by atoms with E-state index < -0.39 is 28.7 Å². The average Bonchev–Trinajstić information content (AvgIpc) is 2.60. The fourth-order valence-electron chi connectivity index (χ4n) is 4.22. The molecule has 1 aliphatic carbocycles. The van der Waals surface area contributed by atoms with Gasteiger partial charge in [0, 0.05) is 11.5 Å². The summed E-state index contributed by atoms with van der Waals surface area (Å²) in [7, 11) is 1.50. The molecule has 1 saturated carbocycles. The number of ether oxygens (including phenoxy) is 1. The zero-order chi connectivity index (χ0) is 18.8. The number of methoxy groups -OCH3 is 1. The molecular formula is C20H29FO4. The van der Waals surface area contributed by atoms with Gasteiger partial charge in [0.05, 0.1) is 7.11 Å². The maximum Gasteiger partial charge on any atom is 0.336 e. The van der Waals surface area contributed by atoms with Crippen molar-refractivity contribution in [2.45, 2.75) is 63.9 Å². The molecular weight excluding hydrogens is 323 g/mol. The van der Waals surface area contributed by atoms with Gasteiger partial charge in [-0.05, 0) is 42.4 Å². The summed E-state index contributed by atoms with van der Waals surface area (Å²) in [6.07, 6.45) is 4.32. The molecule has 4 nitrogen and oxygen atoms in total. The van der Waals surface area contributed by atoms with Gasteiger partial charge in [0.25, 0.3) is 0 Å². The van der Waals surface area contributed by atoms with E-state index in [4.69, 9.17) is 4.74 Å². The average molecular weight is 352 g/mol. The lowest BCUT2D eigenvalue weighted by Gasteiger charge is -2.46. The number of hydrogen-bond donors (Lipinski definition) is 2. The van der Waals surface area contributed by atoms with Gasteiger partial charge < -0.3 is 14.9 Å². The van der Waals surface area contributed by atoms with Crippen LogP contribution in [0, 0.1) is 17.7 Å². The second-order valence-electron chi connectivity index (χ2n) is 7.75. The van der Waals surface area contributed by atoms with Crippen LogP contribution >= 0.6 is 0 Å². The molecule has 140 valence electrons. The third kappa shape index (κ3) is 3.52. The van der Waals surface area contributed by atoms with Crippen LogP contribution in [0.1, 0.15) is 58.4 Å². The molecule has 0 spiro atoms. The van der Waals surface area contributed by atoms with Gasteiger partial charge in [-0.1, -0.05) is 40.0 Å². The smallest absolute Gasteiger partial charge is 0.336 e. The van der Waals surface area contributed by atoms with Gasteiger partial charge in [-0.15, -0.1) is 0 Å². The van der Waals surface area contributed by atoms with Gasteiger partial charge >= 0.3 is 5.97 Å². The Morgan fingerprint density at radius 2 is 1.88 bits per heavy atom. The van der Waals surface area contributed by atoms with Crippen LogP contribution in [0.5, 0.6) is 5.75 Å². The number of carboxylic acids is 1. The molecule has 2 N–H and O–H groups in total. The van der Waals surface area contributed by atoms with E-state index in [9.17, 15) is 19.4 Å². The molecule has 0 aliphatic heterocycles. The van der Waals surface area contributed by atoms with Crippen molar-refractivity contribution in [3.8, 4) is 5.75 Å². The minimum Gasteiger partial charge on any atom is -0.496 e. The van der Waals surface area contributed by atoms with E-state index in [0.29, 0.717) is 24.2 Å². The number of aliphatic carboxylic acids is 1. The summed E-state index contributed by atoms with van der Waals surface area (Å²) in [6, 6.07) is 4.23. The molecule has 0 amide bonds. The molecule has 0 radical (unpaired) electrons. The van der Waals surface area contributed by atoms with Gasteiger partial charge in [0.1, 0.15) is 11.6 Å². The van der Waals surface area contributed by atoms with Crippen molar-refractivity contribution in [3.63, 3.8) is 0 Å². The maximum absolute atomic E-state index is 13.9. The molecule has 0 aromatic heterocycles. The standard InChI is InChI=1S/C20H29FO4/c1-13(20(24,18(22)23)14-8-6-5-7-9-14)19(2,3)16-12-15(21)10-11-17(16)25-4/h10-14,24H,5-9H2,1-4H3,(H,22,23). The molecule has 1 aromatic carbocycles. The molecule has 1 aromatic rings. The predicted octanol–water partition coefficient (Wildman–Crippen LogP) is 4.14. The van der Waals surface area contributed by atoms with E-state index >= 15 is 0 Å². The molecule has 1 aliphatic rings. The third-order valence-electron chi connectivity index (χ3n) is 6.17. The largest absolute Gasteiger partial charge is 0.496 e. The minimum atomic E-state index is -1.86. The van der Waals surface area contributed by atoms with Crippen molar-refractivity contribution >= 4 is 5.97 Å². The zero-order valence-corrected chi connectivity index (χ0v) is 15.5. The lowest BCUT2D eigenvalue weighted by Crippen LogP contribution is -2.57. The predicted molar refractivity (Wildman–Crippen MR) is 94.3 cm³/mol. The fourth-order valence-corrected chi connectivity index (χ4v) is 4.22. The Labute approximate surface area is 149 Å². The number of carboxylic acid groups (broad SMARTS) is 1. The second kappa shape index (κ2) is 7.32. The number of rotatable bonds is 6. The Kier molecular flexibility index (Phi) is 5.77. The van der Waals surface area contributed by atoms with Gasteiger partial charge in [-0.3, -0.25) is 0 Å². The van der Waals surface area contributed by atoms with Crippen molar-refractivity contribution in [2.24, 2.45) is 11.8 Å². The van der Waals surface area contributed by atoms with E-state index in [2.05, 4.69) is 0 Å². The highest BCUT2D eigenvalue weighted by Crippen LogP contribution is 2.47. The number of carbonyl (C=O) groups is 1. The Morgan fingerprint density at radius 3 is 2.40 bits per heavy atom. The molecule has 2 atom stereocenters. The van der Waals surface area contributed by atoms with Gasteiger partial charge in [-0.2, -0.15) is 0 Å². The van der Waals surface area contributed by atoms with Crippen LogP contribution in [-0.2, 0) is 10.2 Å². The minimum absolute atomic E-state index is 0.299. The Hall–Kier alpha value is -1.62. The zero-order valence-electron chi connectivity index (χ0n) is 15.5. The highest BCUT2D eigenvalue weighted by Gasteiger charge is 2.54. The molecule has 2 unspecified atom stereocenters. The van der Waals surface area contributed by atoms with Crippen LogP contribution in [0.15, 0.2) is 18.2 Å². The maximum atomic E-state index is 13.9. The molecule has 2 rings (SSSR count). The summed E-state index contributed by atoms with van der Waals surface area (Å²) < 4.78 is 19.2. The highest BCUT2D eigenvalue weighted by atomic mass is 19.1. The lowest BCUT2D eigenvalue weighted by atomic mass is 9.60. The second-order valence-corrected chi connectivity index (χ2v) is 7.75. The molecule has 0 saturated heterocycles. The van der Waals surface area contributed by atoms with E-state index in [1.54, 1.807) is 13.0 Å². The van der Waals surface area contributed by atoms with E-state index in [0.717, 1.165) is 19.3 Å². The molecule has 0 bridgehead atoms. The topological polar surface area (TPSA) is 66.8 Å². The first-order valence-corrected chi connectivity index (χ1v) is 8.95. The summed E-state index contributed by atoms with van der Waals surface area (Å²) in [4.78, 5) is 12.1. The third-order valence-corrected chi connectivity index (χ3v) is 6.17. The van der Waals surface area contributed by atoms with Crippen molar-refractivity contribution in [3.05, 3.63) is 29.6 Å². The van der Waals surface area contributed by atoms with Crippen molar-refractivity contribution in [1.82, 2.24) is 0 Å². The first kappa shape index (κ1) is 19.7. The van der Waals surface area contributed by atoms with Crippen LogP contribution in [0.3, 0.4) is 0 Å². The highest BCUT2D eigenvalue weighted by molar-refractivity contribution is 5.78. The summed E-state index contributed by atoms with van der Waals surface area (Å²) in [5.74, 6) is -2.04. The molecule has 0 heterocycles. The summed E-state index contributed by atoms with van der Waals surface area (Å²) in [6.45, 7) is 5.42. The Bertz CT molecular complexity index is 622. The summed E-state index contributed by atoms with van der Waals surface area (Å²) in [5.41, 5.74) is -2.09. The fraction of sp³-hybridized carbons (Fsp3) is 0.650. The van der Waals surface area contributed by atoms with Crippen LogP contribution in [0.25, 0.3) is 0 Å². The molecule has 5 heteroatoms. The lowest BCUT2D eigenvalue weighted by molar-refractivity contribution is -0.179. The first-order valence-electron chi connectivity index (χ1n) is 8.95. The first-order chi connectivity index (χ1) is 11.7. The SMILES string of the molecule is COc1ccc(F)cc1C(C)(C)C(C)C(O)(C(=O)O)C1CCCCC1. The number of aliphatic hydroxyl groups is 1. The van der Waals surface area contributed by atoms with E-state index in [1.807, 2.05) is 13.8 Å². The Morgan fingerprint density at radius 1 is 1.28 bits per heavy atom. The van der Waals surface area contributed by atoms with Gasteiger partial charge in [0.2, 0.25) is 0 Å².